The van der Waals surface area contributed by atoms with Crippen molar-refractivity contribution in [2.45, 2.75) is 13.3 Å². The lowest BCUT2D eigenvalue weighted by Gasteiger charge is -2.05. The molecule has 0 spiro atoms. The molecule has 0 unspecified atom stereocenters. The van der Waals surface area contributed by atoms with E-state index < -0.39 is 0 Å². The van der Waals surface area contributed by atoms with E-state index in [9.17, 15) is 0 Å². The second-order valence-electron chi connectivity index (χ2n) is 2.79. The van der Waals surface area contributed by atoms with Crippen molar-refractivity contribution in [1.29, 1.82) is 5.41 Å². The number of halogens is 1. The molecule has 14 heavy (non-hydrogen) atoms. The predicted octanol–water partition coefficient (Wildman–Crippen LogP) is 2.18. The molecule has 0 amide bonds. The van der Waals surface area contributed by atoms with Crippen molar-refractivity contribution in [2.75, 3.05) is 6.61 Å². The maximum absolute atomic E-state index is 7.23. The molecular formula is C10H15ClN2O. The van der Waals surface area contributed by atoms with E-state index in [2.05, 4.69) is 6.92 Å². The first-order valence-electron chi connectivity index (χ1n) is 4.31. The smallest absolute Gasteiger partial charge is 0.122 e. The zero-order chi connectivity index (χ0) is 9.68. The summed E-state index contributed by atoms with van der Waals surface area (Å²) in [5.41, 5.74) is 6.04. The SMILES string of the molecule is CCCOc1cccc(C(=N)N)c1.Cl. The number of ether oxygens (including phenoxy) is 1. The Balaban J connectivity index is 0.00000169. The van der Waals surface area contributed by atoms with E-state index in [0.717, 1.165) is 12.2 Å². The van der Waals surface area contributed by atoms with E-state index in [0.29, 0.717) is 12.2 Å². The molecule has 78 valence electrons. The van der Waals surface area contributed by atoms with Gasteiger partial charge in [-0.25, -0.2) is 0 Å². The Morgan fingerprint density at radius 2 is 2.21 bits per heavy atom. The van der Waals surface area contributed by atoms with Crippen molar-refractivity contribution >= 4 is 18.2 Å². The number of hydrogen-bond donors (Lipinski definition) is 2. The average Bonchev–Trinajstić information content (AvgIpc) is 2.15. The molecule has 0 bridgehead atoms. The number of nitrogens with two attached hydrogens (primary N) is 1. The standard InChI is InChI=1S/C10H14N2O.ClH/c1-2-6-13-9-5-3-4-8(7-9)10(11)12;/h3-5,7H,2,6H2,1H3,(H3,11,12);1H. The van der Waals surface area contributed by atoms with Gasteiger partial charge in [-0.3, -0.25) is 5.41 Å². The molecule has 0 saturated carbocycles. The van der Waals surface area contributed by atoms with E-state index in [4.69, 9.17) is 15.9 Å². The van der Waals surface area contributed by atoms with Gasteiger partial charge in [0.05, 0.1) is 6.61 Å². The monoisotopic (exact) mass is 214 g/mol. The van der Waals surface area contributed by atoms with Gasteiger partial charge in [0.2, 0.25) is 0 Å². The first-order chi connectivity index (χ1) is 6.24. The lowest BCUT2D eigenvalue weighted by molar-refractivity contribution is 0.317. The minimum atomic E-state index is 0. The van der Waals surface area contributed by atoms with Gasteiger partial charge in [-0.2, -0.15) is 0 Å². The van der Waals surface area contributed by atoms with Gasteiger partial charge in [-0.15, -0.1) is 12.4 Å². The van der Waals surface area contributed by atoms with E-state index in [1.807, 2.05) is 12.1 Å². The highest BCUT2D eigenvalue weighted by Gasteiger charge is 1.97. The molecule has 3 N–H and O–H groups in total. The second-order valence-corrected chi connectivity index (χ2v) is 2.79. The fraction of sp³-hybridized carbons (Fsp3) is 0.300. The number of hydrogen-bond acceptors (Lipinski definition) is 2. The molecular weight excluding hydrogens is 200 g/mol. The van der Waals surface area contributed by atoms with Crippen molar-refractivity contribution in [3.05, 3.63) is 29.8 Å². The number of amidine groups is 1. The van der Waals surface area contributed by atoms with Gasteiger partial charge >= 0.3 is 0 Å². The van der Waals surface area contributed by atoms with Crippen LogP contribution >= 0.6 is 12.4 Å². The number of rotatable bonds is 4. The van der Waals surface area contributed by atoms with Gasteiger partial charge in [0.15, 0.2) is 0 Å². The molecule has 1 aromatic carbocycles. The predicted molar refractivity (Wildman–Crippen MR) is 60.5 cm³/mol. The Bertz CT molecular complexity index is 302. The summed E-state index contributed by atoms with van der Waals surface area (Å²) in [5, 5.41) is 7.23. The van der Waals surface area contributed by atoms with Crippen LogP contribution < -0.4 is 10.5 Å². The highest BCUT2D eigenvalue weighted by molar-refractivity contribution is 5.95. The van der Waals surface area contributed by atoms with Crippen molar-refractivity contribution in [3.8, 4) is 5.75 Å². The molecule has 0 saturated heterocycles. The highest BCUT2D eigenvalue weighted by atomic mass is 35.5. The summed E-state index contributed by atoms with van der Waals surface area (Å²) >= 11 is 0. The maximum atomic E-state index is 7.23. The van der Waals surface area contributed by atoms with E-state index in [-0.39, 0.29) is 18.2 Å². The molecule has 0 fully saturated rings. The summed E-state index contributed by atoms with van der Waals surface area (Å²) < 4.78 is 5.39. The van der Waals surface area contributed by atoms with Gasteiger partial charge in [-0.1, -0.05) is 19.1 Å². The molecule has 0 aliphatic carbocycles. The van der Waals surface area contributed by atoms with E-state index >= 15 is 0 Å². The first-order valence-corrected chi connectivity index (χ1v) is 4.31. The molecule has 1 aromatic rings. The van der Waals surface area contributed by atoms with Crippen LogP contribution in [0.2, 0.25) is 0 Å². The topological polar surface area (TPSA) is 59.1 Å². The largest absolute Gasteiger partial charge is 0.494 e. The van der Waals surface area contributed by atoms with Crippen molar-refractivity contribution in [3.63, 3.8) is 0 Å². The molecule has 0 heterocycles. The summed E-state index contributed by atoms with van der Waals surface area (Å²) in [6.45, 7) is 2.75. The Morgan fingerprint density at radius 3 is 2.79 bits per heavy atom. The van der Waals surface area contributed by atoms with Crippen molar-refractivity contribution in [1.82, 2.24) is 0 Å². The quantitative estimate of drug-likeness (QED) is 0.596. The van der Waals surface area contributed by atoms with Crippen LogP contribution in [0.25, 0.3) is 0 Å². The second kappa shape index (κ2) is 6.27. The summed E-state index contributed by atoms with van der Waals surface area (Å²) in [6, 6.07) is 7.27. The number of nitrogen functional groups attached to an aromatic ring is 1. The van der Waals surface area contributed by atoms with Gasteiger partial charge in [0.1, 0.15) is 11.6 Å². The lowest BCUT2D eigenvalue weighted by Crippen LogP contribution is -2.10. The summed E-state index contributed by atoms with van der Waals surface area (Å²) in [4.78, 5) is 0. The molecule has 0 aliphatic heterocycles. The minimum absolute atomic E-state index is 0. The van der Waals surface area contributed by atoms with Crippen LogP contribution in [0.3, 0.4) is 0 Å². The fourth-order valence-electron chi connectivity index (χ4n) is 0.973. The summed E-state index contributed by atoms with van der Waals surface area (Å²) in [6.07, 6.45) is 0.976. The highest BCUT2D eigenvalue weighted by Crippen LogP contribution is 2.12. The van der Waals surface area contributed by atoms with Crippen LogP contribution in [0.15, 0.2) is 24.3 Å². The Hall–Kier alpha value is -1.22. The van der Waals surface area contributed by atoms with Crippen LogP contribution in [-0.2, 0) is 0 Å². The third kappa shape index (κ3) is 3.66. The van der Waals surface area contributed by atoms with Crippen LogP contribution in [0.5, 0.6) is 5.75 Å². The molecule has 1 rings (SSSR count). The Morgan fingerprint density at radius 1 is 1.50 bits per heavy atom. The van der Waals surface area contributed by atoms with Crippen molar-refractivity contribution in [2.24, 2.45) is 5.73 Å². The Kier molecular flexibility index (Phi) is 5.72. The average molecular weight is 215 g/mol. The molecule has 0 atom stereocenters. The molecule has 0 aromatic heterocycles. The van der Waals surface area contributed by atoms with E-state index in [1.165, 1.54) is 0 Å². The maximum Gasteiger partial charge on any atom is 0.122 e. The van der Waals surface area contributed by atoms with Crippen LogP contribution in [-0.4, -0.2) is 12.4 Å². The van der Waals surface area contributed by atoms with Crippen LogP contribution in [0.4, 0.5) is 0 Å². The van der Waals surface area contributed by atoms with Crippen molar-refractivity contribution < 1.29 is 4.74 Å². The number of nitrogens with one attached hydrogen (secondary N) is 1. The van der Waals surface area contributed by atoms with E-state index in [1.54, 1.807) is 12.1 Å². The fourth-order valence-corrected chi connectivity index (χ4v) is 0.973. The van der Waals surface area contributed by atoms with Gasteiger partial charge in [-0.05, 0) is 18.6 Å². The van der Waals surface area contributed by atoms with Gasteiger partial charge in [0.25, 0.3) is 0 Å². The lowest BCUT2D eigenvalue weighted by atomic mass is 10.2. The van der Waals surface area contributed by atoms with Crippen LogP contribution in [0.1, 0.15) is 18.9 Å². The zero-order valence-corrected chi connectivity index (χ0v) is 8.93. The molecule has 0 aliphatic rings. The number of benzene rings is 1. The first kappa shape index (κ1) is 12.8. The third-order valence-electron chi connectivity index (χ3n) is 1.62. The third-order valence-corrected chi connectivity index (χ3v) is 1.62. The minimum Gasteiger partial charge on any atom is -0.494 e. The molecule has 3 nitrogen and oxygen atoms in total. The molecule has 4 heteroatoms. The zero-order valence-electron chi connectivity index (χ0n) is 8.12. The Labute approximate surface area is 90.2 Å². The van der Waals surface area contributed by atoms with Gasteiger partial charge in [0, 0.05) is 5.56 Å². The summed E-state index contributed by atoms with van der Waals surface area (Å²) in [7, 11) is 0. The van der Waals surface area contributed by atoms with Gasteiger partial charge < -0.3 is 10.5 Å². The summed E-state index contributed by atoms with van der Waals surface area (Å²) in [5.74, 6) is 0.844. The van der Waals surface area contributed by atoms with Crippen LogP contribution in [0, 0.1) is 5.41 Å². The normalized spacial score (nSPS) is 8.93. The molecule has 0 radical (unpaired) electrons.